The van der Waals surface area contributed by atoms with Gasteiger partial charge in [-0.05, 0) is 29.8 Å². The maximum atomic E-state index is 11.0. The summed E-state index contributed by atoms with van der Waals surface area (Å²) in [5.41, 5.74) is 8.09. The smallest absolute Gasteiger partial charge is 0.241 e. The van der Waals surface area contributed by atoms with Crippen LogP contribution in [0.25, 0.3) is 28.2 Å². The zero-order valence-electron chi connectivity index (χ0n) is 15.3. The summed E-state index contributed by atoms with van der Waals surface area (Å²) < 4.78 is 7.65. The molecule has 29 heavy (non-hydrogen) atoms. The average molecular weight is 387 g/mol. The Bertz CT molecular complexity index is 1200. The topological polar surface area (TPSA) is 116 Å². The predicted molar refractivity (Wildman–Crippen MR) is 108 cm³/mol. The molecule has 3 aromatic heterocycles. The molecule has 8 heteroatoms. The molecule has 3 heterocycles. The molecule has 1 amide bonds. The summed E-state index contributed by atoms with van der Waals surface area (Å²) >= 11 is 0. The molecule has 0 spiro atoms. The fourth-order valence-corrected chi connectivity index (χ4v) is 2.99. The third-order valence-electron chi connectivity index (χ3n) is 4.26. The fraction of sp³-hybridized carbons (Fsp3) is 0.0476. The number of aliphatic hydroxyl groups is 1. The SMILES string of the molecule is NC(=O)C=Cc1cccc(Oc2ncnc3c2c(-c2cccnc2)cn3CO)c1. The van der Waals surface area contributed by atoms with Crippen molar-refractivity contribution in [2.75, 3.05) is 0 Å². The molecule has 1 aromatic carbocycles. The van der Waals surface area contributed by atoms with Crippen molar-refractivity contribution >= 4 is 23.0 Å². The number of amides is 1. The van der Waals surface area contributed by atoms with Gasteiger partial charge >= 0.3 is 0 Å². The van der Waals surface area contributed by atoms with Crippen molar-refractivity contribution in [2.24, 2.45) is 5.73 Å². The lowest BCUT2D eigenvalue weighted by atomic mass is 10.1. The van der Waals surface area contributed by atoms with Gasteiger partial charge in [-0.3, -0.25) is 9.78 Å². The molecule has 4 rings (SSSR count). The van der Waals surface area contributed by atoms with Crippen molar-refractivity contribution in [3.63, 3.8) is 0 Å². The van der Waals surface area contributed by atoms with E-state index in [0.717, 1.165) is 16.7 Å². The first-order valence-electron chi connectivity index (χ1n) is 8.76. The number of nitrogens with two attached hydrogens (primary N) is 1. The van der Waals surface area contributed by atoms with Crippen LogP contribution in [0.15, 0.2) is 67.4 Å². The normalized spacial score (nSPS) is 11.2. The molecule has 0 fully saturated rings. The Kier molecular flexibility index (Phi) is 5.00. The lowest BCUT2D eigenvalue weighted by Gasteiger charge is -2.08. The minimum absolute atomic E-state index is 0.236. The fourth-order valence-electron chi connectivity index (χ4n) is 2.99. The number of carbonyl (C=O) groups is 1. The van der Waals surface area contributed by atoms with Gasteiger partial charge < -0.3 is 20.1 Å². The van der Waals surface area contributed by atoms with Crippen molar-refractivity contribution < 1.29 is 14.6 Å². The third kappa shape index (κ3) is 3.83. The highest BCUT2D eigenvalue weighted by molar-refractivity contribution is 5.97. The van der Waals surface area contributed by atoms with Gasteiger partial charge in [-0.15, -0.1) is 0 Å². The number of pyridine rings is 1. The molecule has 144 valence electrons. The number of carbonyl (C=O) groups excluding carboxylic acids is 1. The molecule has 0 atom stereocenters. The van der Waals surface area contributed by atoms with Gasteiger partial charge in [-0.25, -0.2) is 9.97 Å². The Morgan fingerprint density at radius 2 is 2.14 bits per heavy atom. The van der Waals surface area contributed by atoms with E-state index < -0.39 is 5.91 Å². The summed E-state index contributed by atoms with van der Waals surface area (Å²) in [6.45, 7) is -0.236. The first-order valence-corrected chi connectivity index (χ1v) is 8.76. The molecule has 0 aliphatic heterocycles. The van der Waals surface area contributed by atoms with E-state index in [0.29, 0.717) is 22.7 Å². The highest BCUT2D eigenvalue weighted by Crippen LogP contribution is 2.36. The van der Waals surface area contributed by atoms with E-state index >= 15 is 0 Å². The second-order valence-corrected chi connectivity index (χ2v) is 6.18. The maximum Gasteiger partial charge on any atom is 0.241 e. The Morgan fingerprint density at radius 1 is 1.24 bits per heavy atom. The molecule has 0 saturated heterocycles. The zero-order valence-corrected chi connectivity index (χ0v) is 15.3. The summed E-state index contributed by atoms with van der Waals surface area (Å²) in [4.78, 5) is 23.7. The van der Waals surface area contributed by atoms with Crippen LogP contribution in [0.1, 0.15) is 5.56 Å². The van der Waals surface area contributed by atoms with Gasteiger partial charge in [0.2, 0.25) is 11.8 Å². The number of rotatable bonds is 6. The Balaban J connectivity index is 1.80. The molecular weight excluding hydrogens is 370 g/mol. The Hall–Kier alpha value is -4.04. The maximum absolute atomic E-state index is 11.0. The highest BCUT2D eigenvalue weighted by Gasteiger charge is 2.17. The first kappa shape index (κ1) is 18.3. The molecule has 0 saturated carbocycles. The van der Waals surface area contributed by atoms with E-state index in [4.69, 9.17) is 10.5 Å². The molecular formula is C21H17N5O3. The van der Waals surface area contributed by atoms with E-state index in [1.165, 1.54) is 12.4 Å². The number of aliphatic hydroxyl groups excluding tert-OH is 1. The van der Waals surface area contributed by atoms with E-state index in [1.54, 1.807) is 47.4 Å². The van der Waals surface area contributed by atoms with Crippen LogP contribution in [0.3, 0.4) is 0 Å². The van der Waals surface area contributed by atoms with Gasteiger partial charge in [-0.2, -0.15) is 0 Å². The quantitative estimate of drug-likeness (QED) is 0.492. The van der Waals surface area contributed by atoms with E-state index in [9.17, 15) is 9.90 Å². The van der Waals surface area contributed by atoms with Crippen LogP contribution >= 0.6 is 0 Å². The van der Waals surface area contributed by atoms with Crippen LogP contribution in [-0.4, -0.2) is 30.5 Å². The molecule has 0 bridgehead atoms. The van der Waals surface area contributed by atoms with Crippen molar-refractivity contribution in [3.8, 4) is 22.8 Å². The second-order valence-electron chi connectivity index (χ2n) is 6.18. The largest absolute Gasteiger partial charge is 0.438 e. The summed E-state index contributed by atoms with van der Waals surface area (Å²) in [6.07, 6.45) is 9.47. The number of hydrogen-bond acceptors (Lipinski definition) is 6. The summed E-state index contributed by atoms with van der Waals surface area (Å²) in [7, 11) is 0. The van der Waals surface area contributed by atoms with E-state index in [-0.39, 0.29) is 6.73 Å². The zero-order chi connectivity index (χ0) is 20.2. The van der Waals surface area contributed by atoms with Crippen molar-refractivity contribution in [2.45, 2.75) is 6.73 Å². The minimum atomic E-state index is -0.528. The minimum Gasteiger partial charge on any atom is -0.438 e. The third-order valence-corrected chi connectivity index (χ3v) is 4.26. The van der Waals surface area contributed by atoms with Crippen LogP contribution in [0.2, 0.25) is 0 Å². The van der Waals surface area contributed by atoms with Crippen LogP contribution in [0.4, 0.5) is 0 Å². The van der Waals surface area contributed by atoms with Gasteiger partial charge in [-0.1, -0.05) is 18.2 Å². The van der Waals surface area contributed by atoms with Gasteiger partial charge in [0.05, 0.1) is 5.39 Å². The number of benzene rings is 1. The summed E-state index contributed by atoms with van der Waals surface area (Å²) in [5.74, 6) is 0.350. The number of primary amides is 1. The van der Waals surface area contributed by atoms with Gasteiger partial charge in [0.25, 0.3) is 0 Å². The van der Waals surface area contributed by atoms with Gasteiger partial charge in [0, 0.05) is 35.8 Å². The molecule has 4 aromatic rings. The molecule has 0 aliphatic carbocycles. The monoisotopic (exact) mass is 387 g/mol. The number of aromatic nitrogens is 4. The molecule has 0 aliphatic rings. The number of ether oxygens (including phenoxy) is 1. The molecule has 3 N–H and O–H groups in total. The Morgan fingerprint density at radius 3 is 2.90 bits per heavy atom. The Labute approximate surface area is 165 Å². The molecule has 8 nitrogen and oxygen atoms in total. The van der Waals surface area contributed by atoms with Gasteiger partial charge in [0.15, 0.2) is 0 Å². The number of nitrogens with zero attached hydrogens (tertiary/aromatic N) is 4. The number of fused-ring (bicyclic) bond motifs is 1. The van der Waals surface area contributed by atoms with Crippen molar-refractivity contribution in [1.29, 1.82) is 0 Å². The highest BCUT2D eigenvalue weighted by atomic mass is 16.5. The van der Waals surface area contributed by atoms with Crippen LogP contribution in [0.5, 0.6) is 11.6 Å². The summed E-state index contributed by atoms with van der Waals surface area (Å²) in [6, 6.07) is 10.9. The van der Waals surface area contributed by atoms with Crippen molar-refractivity contribution in [1.82, 2.24) is 19.5 Å². The van der Waals surface area contributed by atoms with Gasteiger partial charge in [0.1, 0.15) is 24.5 Å². The standard InChI is InChI=1S/C21H17N5O3/c22-18(28)7-6-14-3-1-5-16(9-14)29-21-19-17(15-4-2-8-23-10-15)11-26(13-27)20(19)24-12-25-21/h1-12,27H,13H2,(H2,22,28). The van der Waals surface area contributed by atoms with Crippen molar-refractivity contribution in [3.05, 3.63) is 73.0 Å². The predicted octanol–water partition coefficient (Wildman–Crippen LogP) is 2.73. The lowest BCUT2D eigenvalue weighted by molar-refractivity contribution is -0.113. The van der Waals surface area contributed by atoms with E-state index in [2.05, 4.69) is 15.0 Å². The molecule has 0 radical (unpaired) electrons. The lowest BCUT2D eigenvalue weighted by Crippen LogP contribution is -2.05. The summed E-state index contributed by atoms with van der Waals surface area (Å²) in [5, 5.41) is 10.4. The van der Waals surface area contributed by atoms with Crippen LogP contribution < -0.4 is 10.5 Å². The van der Waals surface area contributed by atoms with Crippen LogP contribution in [-0.2, 0) is 11.5 Å². The van der Waals surface area contributed by atoms with Crippen LogP contribution in [0, 0.1) is 0 Å². The van der Waals surface area contributed by atoms with E-state index in [1.807, 2.05) is 18.2 Å². The molecule has 0 unspecified atom stereocenters. The first-order chi connectivity index (χ1) is 14.2. The number of hydrogen-bond donors (Lipinski definition) is 2. The second kappa shape index (κ2) is 7.91. The average Bonchev–Trinajstić information content (AvgIpc) is 3.13.